The summed E-state index contributed by atoms with van der Waals surface area (Å²) >= 11 is 0. The molecule has 1 aromatic rings. The minimum atomic E-state index is -0.316. The van der Waals surface area contributed by atoms with E-state index >= 15 is 0 Å². The summed E-state index contributed by atoms with van der Waals surface area (Å²) in [6.07, 6.45) is 3.63. The number of hydrogen-bond donors (Lipinski definition) is 1. The Bertz CT molecular complexity index is 478. The number of rotatable bonds is 7. The lowest BCUT2D eigenvalue weighted by atomic mass is 10.1. The van der Waals surface area contributed by atoms with Gasteiger partial charge >= 0.3 is 0 Å². The number of carbonyl (C=O) groups is 1. The van der Waals surface area contributed by atoms with Crippen molar-refractivity contribution in [3.63, 3.8) is 0 Å². The van der Waals surface area contributed by atoms with Crippen LogP contribution in [-0.4, -0.2) is 78.5 Å². The smallest absolute Gasteiger partial charge is 0.244 e. The van der Waals surface area contributed by atoms with Gasteiger partial charge in [0.1, 0.15) is 6.04 Å². The summed E-state index contributed by atoms with van der Waals surface area (Å²) in [5.74, 6) is 0.125. The Morgan fingerprint density at radius 1 is 1.33 bits per heavy atom. The van der Waals surface area contributed by atoms with E-state index in [1.807, 2.05) is 32.1 Å². The molecule has 0 aliphatic carbocycles. The minimum absolute atomic E-state index is 0. The summed E-state index contributed by atoms with van der Waals surface area (Å²) in [4.78, 5) is 17.0. The first-order valence-electron chi connectivity index (χ1n) is 7.90. The molecule has 1 fully saturated rings. The van der Waals surface area contributed by atoms with Gasteiger partial charge in [0.25, 0.3) is 0 Å². The number of amides is 1. The molecular formula is C15H29Cl2N5O2. The van der Waals surface area contributed by atoms with Crippen LogP contribution < -0.4 is 5.32 Å². The van der Waals surface area contributed by atoms with Gasteiger partial charge in [-0.1, -0.05) is 0 Å². The molecule has 0 bridgehead atoms. The van der Waals surface area contributed by atoms with Crippen molar-refractivity contribution in [2.75, 3.05) is 53.0 Å². The van der Waals surface area contributed by atoms with Crippen molar-refractivity contribution in [1.82, 2.24) is 24.9 Å². The number of nitrogens with one attached hydrogen (secondary N) is 1. The first-order chi connectivity index (χ1) is 10.7. The van der Waals surface area contributed by atoms with Crippen LogP contribution in [0.15, 0.2) is 12.4 Å². The number of aryl methyl sites for hydroxylation is 1. The van der Waals surface area contributed by atoms with E-state index in [4.69, 9.17) is 4.74 Å². The molecule has 1 aromatic heterocycles. The number of nitrogens with zero attached hydrogens (tertiary/aromatic N) is 4. The summed E-state index contributed by atoms with van der Waals surface area (Å²) in [6.45, 7) is 7.81. The molecule has 1 saturated heterocycles. The lowest BCUT2D eigenvalue weighted by Gasteiger charge is -2.36. The Morgan fingerprint density at radius 3 is 2.50 bits per heavy atom. The molecule has 1 aliphatic rings. The number of hydrogen-bond acceptors (Lipinski definition) is 5. The summed E-state index contributed by atoms with van der Waals surface area (Å²) < 4.78 is 7.11. The van der Waals surface area contributed by atoms with Crippen molar-refractivity contribution in [3.8, 4) is 0 Å². The van der Waals surface area contributed by atoms with Crippen molar-refractivity contribution in [1.29, 1.82) is 0 Å². The molecule has 0 saturated carbocycles. The maximum absolute atomic E-state index is 12.7. The first kappa shape index (κ1) is 23.1. The molecule has 0 aromatic carbocycles. The van der Waals surface area contributed by atoms with Gasteiger partial charge in [0.05, 0.1) is 12.8 Å². The van der Waals surface area contributed by atoms with Crippen LogP contribution in [0.4, 0.5) is 0 Å². The largest absolute Gasteiger partial charge is 0.380 e. The molecule has 1 aliphatic heterocycles. The number of carbonyl (C=O) groups excluding carboxylic acids is 1. The van der Waals surface area contributed by atoms with Gasteiger partial charge in [-0.2, -0.15) is 5.10 Å². The Balaban J connectivity index is 0.00000264. The third-order valence-electron chi connectivity index (χ3n) is 4.03. The molecule has 0 spiro atoms. The van der Waals surface area contributed by atoms with Crippen molar-refractivity contribution < 1.29 is 9.53 Å². The molecule has 1 amide bonds. The number of ether oxygens (including phenoxy) is 1. The topological polar surface area (TPSA) is 62.6 Å². The van der Waals surface area contributed by atoms with Crippen LogP contribution in [-0.2, 0) is 16.6 Å². The number of aromatic nitrogens is 2. The van der Waals surface area contributed by atoms with Gasteiger partial charge < -0.3 is 15.0 Å². The second-order valence-electron chi connectivity index (χ2n) is 5.53. The normalized spacial score (nSPS) is 16.2. The van der Waals surface area contributed by atoms with E-state index in [1.54, 1.807) is 10.9 Å². The maximum Gasteiger partial charge on any atom is 0.244 e. The highest BCUT2D eigenvalue weighted by Gasteiger charge is 2.28. The average molecular weight is 382 g/mol. The summed E-state index contributed by atoms with van der Waals surface area (Å²) in [5.41, 5.74) is 0.911. The van der Waals surface area contributed by atoms with Crippen molar-refractivity contribution in [2.45, 2.75) is 13.0 Å². The zero-order valence-corrected chi connectivity index (χ0v) is 16.2. The van der Waals surface area contributed by atoms with Gasteiger partial charge in [0.2, 0.25) is 5.91 Å². The van der Waals surface area contributed by atoms with Crippen LogP contribution in [0.3, 0.4) is 0 Å². The molecule has 140 valence electrons. The van der Waals surface area contributed by atoms with Crippen LogP contribution >= 0.6 is 24.8 Å². The molecule has 9 heteroatoms. The summed E-state index contributed by atoms with van der Waals surface area (Å²) in [5, 5.41) is 7.25. The molecular weight excluding hydrogens is 353 g/mol. The van der Waals surface area contributed by atoms with Crippen molar-refractivity contribution >= 4 is 30.7 Å². The predicted octanol–water partition coefficient (Wildman–Crippen LogP) is 0.705. The second-order valence-corrected chi connectivity index (χ2v) is 5.53. The Hall–Kier alpha value is -0.860. The summed E-state index contributed by atoms with van der Waals surface area (Å²) in [7, 11) is 3.67. The zero-order chi connectivity index (χ0) is 15.9. The van der Waals surface area contributed by atoms with Gasteiger partial charge in [-0.3, -0.25) is 14.4 Å². The van der Waals surface area contributed by atoms with E-state index in [0.717, 1.165) is 51.5 Å². The van der Waals surface area contributed by atoms with Crippen molar-refractivity contribution in [3.05, 3.63) is 18.0 Å². The quantitative estimate of drug-likeness (QED) is 0.704. The molecule has 24 heavy (non-hydrogen) atoms. The van der Waals surface area contributed by atoms with E-state index in [-0.39, 0.29) is 36.8 Å². The average Bonchev–Trinajstić information content (AvgIpc) is 2.95. The minimum Gasteiger partial charge on any atom is -0.380 e. The fourth-order valence-electron chi connectivity index (χ4n) is 2.73. The Morgan fingerprint density at radius 2 is 2.00 bits per heavy atom. The molecule has 2 rings (SSSR count). The van der Waals surface area contributed by atoms with Gasteiger partial charge in [-0.15, -0.1) is 24.8 Å². The highest BCUT2D eigenvalue weighted by atomic mass is 35.5. The summed E-state index contributed by atoms with van der Waals surface area (Å²) in [6, 6.07) is -0.316. The molecule has 1 unspecified atom stereocenters. The lowest BCUT2D eigenvalue weighted by Crippen LogP contribution is -2.51. The number of halogens is 2. The van der Waals surface area contributed by atoms with Crippen LogP contribution in [0.5, 0.6) is 0 Å². The monoisotopic (exact) mass is 381 g/mol. The molecule has 2 heterocycles. The van der Waals surface area contributed by atoms with Crippen LogP contribution in [0.2, 0.25) is 0 Å². The van der Waals surface area contributed by atoms with E-state index in [1.165, 1.54) is 0 Å². The Labute approximate surface area is 156 Å². The van der Waals surface area contributed by atoms with E-state index in [0.29, 0.717) is 0 Å². The third kappa shape index (κ3) is 6.22. The van der Waals surface area contributed by atoms with Crippen LogP contribution in [0, 0.1) is 0 Å². The van der Waals surface area contributed by atoms with Gasteiger partial charge in [0.15, 0.2) is 0 Å². The zero-order valence-electron chi connectivity index (χ0n) is 14.6. The molecule has 7 nitrogen and oxygen atoms in total. The van der Waals surface area contributed by atoms with E-state index in [9.17, 15) is 4.79 Å². The van der Waals surface area contributed by atoms with Gasteiger partial charge in [0, 0.05) is 58.1 Å². The van der Waals surface area contributed by atoms with Crippen molar-refractivity contribution in [2.24, 2.45) is 7.05 Å². The first-order valence-corrected chi connectivity index (χ1v) is 7.90. The fourth-order valence-corrected chi connectivity index (χ4v) is 2.73. The standard InChI is InChI=1S/C15H27N5O2.2ClH/c1-4-22-10-9-19-5-7-20(8-6-19)15(21)14(16-2)13-11-17-18(3)12-13;;/h11-12,14,16H,4-10H2,1-3H3;2*1H. The fraction of sp³-hybridized carbons (Fsp3) is 0.733. The lowest BCUT2D eigenvalue weighted by molar-refractivity contribution is -0.135. The molecule has 1 N–H and O–H groups in total. The highest BCUT2D eigenvalue weighted by Crippen LogP contribution is 2.16. The van der Waals surface area contributed by atoms with Crippen LogP contribution in [0.1, 0.15) is 18.5 Å². The maximum atomic E-state index is 12.7. The number of piperazine rings is 1. The van der Waals surface area contributed by atoms with E-state index < -0.39 is 0 Å². The van der Waals surface area contributed by atoms with Crippen LogP contribution in [0.25, 0.3) is 0 Å². The van der Waals surface area contributed by atoms with Gasteiger partial charge in [-0.05, 0) is 14.0 Å². The third-order valence-corrected chi connectivity index (χ3v) is 4.03. The van der Waals surface area contributed by atoms with E-state index in [2.05, 4.69) is 15.3 Å². The van der Waals surface area contributed by atoms with Gasteiger partial charge in [-0.25, -0.2) is 0 Å². The number of likely N-dealkylation sites (N-methyl/N-ethyl adjacent to an activating group) is 1. The SMILES string of the molecule is CCOCCN1CCN(C(=O)C(NC)c2cnn(C)c2)CC1.Cl.Cl. The molecule has 1 atom stereocenters. The Kier molecular flexibility index (Phi) is 11.2. The predicted molar refractivity (Wildman–Crippen MR) is 99.0 cm³/mol. The highest BCUT2D eigenvalue weighted by molar-refractivity contribution is 5.85. The second kappa shape index (κ2) is 11.7. The molecule has 0 radical (unpaired) electrons.